The third kappa shape index (κ3) is 11.2. The molecule has 0 N–H and O–H groups in total. The van der Waals surface area contributed by atoms with Gasteiger partial charge in [-0.15, -0.1) is 11.5 Å². The molecule has 4 heteroatoms. The zero-order chi connectivity index (χ0) is 13.3. The summed E-state index contributed by atoms with van der Waals surface area (Å²) in [4.78, 5) is 22.2. The van der Waals surface area contributed by atoms with Crippen LogP contribution >= 0.6 is 0 Å². The fourth-order valence-electron chi connectivity index (χ4n) is 1.19. The summed E-state index contributed by atoms with van der Waals surface area (Å²) in [6.45, 7) is 6.54. The van der Waals surface area contributed by atoms with Gasteiger partial charge in [0.15, 0.2) is 0 Å². The molecule has 0 saturated carbocycles. The van der Waals surface area contributed by atoms with Gasteiger partial charge in [-0.3, -0.25) is 9.59 Å². The first-order valence-corrected chi connectivity index (χ1v) is 9.43. The molecule has 0 amide bonds. The van der Waals surface area contributed by atoms with Gasteiger partial charge in [0, 0.05) is 25.7 Å². The largest absolute Gasteiger partial charge is 0.469 e. The van der Waals surface area contributed by atoms with Crippen LogP contribution in [0.1, 0.15) is 32.1 Å². The summed E-state index contributed by atoms with van der Waals surface area (Å²) in [5, 5.41) is 0. The van der Waals surface area contributed by atoms with Crippen molar-refractivity contribution in [1.82, 2.24) is 0 Å². The van der Waals surface area contributed by atoms with Crippen molar-refractivity contribution in [2.24, 2.45) is 0 Å². The Morgan fingerprint density at radius 1 is 1.12 bits per heavy atom. The van der Waals surface area contributed by atoms with E-state index >= 15 is 0 Å². The van der Waals surface area contributed by atoms with Crippen molar-refractivity contribution >= 4 is 19.8 Å². The van der Waals surface area contributed by atoms with E-state index in [0.717, 1.165) is 0 Å². The topological polar surface area (TPSA) is 43.4 Å². The Bertz CT molecular complexity index is 318. The fourth-order valence-corrected chi connectivity index (χ4v) is 1.84. The van der Waals surface area contributed by atoms with E-state index in [9.17, 15) is 9.59 Å². The number of carbonyl (C=O) groups is 2. The molecule has 0 unspecified atom stereocenters. The Kier molecular flexibility index (Phi) is 7.56. The van der Waals surface area contributed by atoms with Crippen molar-refractivity contribution in [1.29, 1.82) is 0 Å². The van der Waals surface area contributed by atoms with Gasteiger partial charge in [0.2, 0.25) is 0 Å². The molecule has 96 valence electrons. The number of hydrogen-bond donors (Lipinski definition) is 0. The van der Waals surface area contributed by atoms with Gasteiger partial charge in [-0.2, -0.15) is 0 Å². The minimum Gasteiger partial charge on any atom is -0.469 e. The molecule has 0 rings (SSSR count). The number of hydrogen-bond acceptors (Lipinski definition) is 3. The lowest BCUT2D eigenvalue weighted by Crippen LogP contribution is -2.16. The summed E-state index contributed by atoms with van der Waals surface area (Å²) >= 11 is 0. The molecule has 0 spiro atoms. The number of ketones is 1. The van der Waals surface area contributed by atoms with Crippen molar-refractivity contribution in [3.63, 3.8) is 0 Å². The van der Waals surface area contributed by atoms with E-state index < -0.39 is 8.07 Å². The molecule has 0 heterocycles. The Hall–Kier alpha value is -1.08. The Morgan fingerprint density at radius 3 is 2.29 bits per heavy atom. The van der Waals surface area contributed by atoms with Crippen LogP contribution in [0.4, 0.5) is 0 Å². The smallest absolute Gasteiger partial charge is 0.305 e. The SMILES string of the molecule is COC(=O)CCCC(=O)CCC#C[Si](C)(C)C. The monoisotopic (exact) mass is 254 g/mol. The summed E-state index contributed by atoms with van der Waals surface area (Å²) < 4.78 is 4.50. The van der Waals surface area contributed by atoms with Crippen LogP contribution in [0, 0.1) is 11.5 Å². The molecule has 0 aromatic carbocycles. The molecular formula is C13H22O3Si. The van der Waals surface area contributed by atoms with Crippen LogP contribution < -0.4 is 0 Å². The highest BCUT2D eigenvalue weighted by molar-refractivity contribution is 6.83. The molecule has 0 aliphatic heterocycles. The molecule has 17 heavy (non-hydrogen) atoms. The lowest BCUT2D eigenvalue weighted by molar-refractivity contribution is -0.140. The predicted octanol–water partition coefficient (Wildman–Crippen LogP) is 2.56. The summed E-state index contributed by atoms with van der Waals surface area (Å²) in [6.07, 6.45) is 2.49. The first kappa shape index (κ1) is 15.9. The predicted molar refractivity (Wildman–Crippen MR) is 71.2 cm³/mol. The third-order valence-electron chi connectivity index (χ3n) is 2.06. The quantitative estimate of drug-likeness (QED) is 0.416. The van der Waals surface area contributed by atoms with E-state index in [1.807, 2.05) is 0 Å². The van der Waals surface area contributed by atoms with Crippen LogP contribution in [-0.4, -0.2) is 26.9 Å². The van der Waals surface area contributed by atoms with Gasteiger partial charge in [0.1, 0.15) is 13.9 Å². The van der Waals surface area contributed by atoms with Gasteiger partial charge < -0.3 is 4.74 Å². The second-order valence-corrected chi connectivity index (χ2v) is 9.77. The van der Waals surface area contributed by atoms with Crippen LogP contribution in [0.2, 0.25) is 19.6 Å². The van der Waals surface area contributed by atoms with Crippen molar-refractivity contribution < 1.29 is 14.3 Å². The molecule has 0 atom stereocenters. The fraction of sp³-hybridized carbons (Fsp3) is 0.692. The van der Waals surface area contributed by atoms with E-state index in [-0.39, 0.29) is 11.8 Å². The molecule has 0 aliphatic carbocycles. The highest BCUT2D eigenvalue weighted by Gasteiger charge is 2.07. The Balaban J connectivity index is 3.66. The normalized spacial score (nSPS) is 10.4. The number of Topliss-reactive ketones (excluding diaryl/α,β-unsaturated/α-hetero) is 1. The number of methoxy groups -OCH3 is 1. The average molecular weight is 254 g/mol. The Labute approximate surface area is 105 Å². The summed E-state index contributed by atoms with van der Waals surface area (Å²) in [5.74, 6) is 2.99. The molecule has 0 radical (unpaired) electrons. The number of ether oxygens (including phenoxy) is 1. The number of carbonyl (C=O) groups excluding carboxylic acids is 2. The van der Waals surface area contributed by atoms with Crippen molar-refractivity contribution in [3.8, 4) is 11.5 Å². The third-order valence-corrected chi connectivity index (χ3v) is 2.98. The van der Waals surface area contributed by atoms with E-state index in [2.05, 4.69) is 35.8 Å². The van der Waals surface area contributed by atoms with Crippen LogP contribution in [0.5, 0.6) is 0 Å². The maximum Gasteiger partial charge on any atom is 0.305 e. The minimum absolute atomic E-state index is 0.179. The summed E-state index contributed by atoms with van der Waals surface area (Å²) in [7, 11) is 0.0492. The van der Waals surface area contributed by atoms with Gasteiger partial charge >= 0.3 is 5.97 Å². The summed E-state index contributed by atoms with van der Waals surface area (Å²) in [6, 6.07) is 0. The second-order valence-electron chi connectivity index (χ2n) is 5.02. The molecule has 0 aromatic rings. The molecule has 3 nitrogen and oxygen atoms in total. The zero-order valence-corrected chi connectivity index (χ0v) is 12.3. The van der Waals surface area contributed by atoms with Gasteiger partial charge in [-0.05, 0) is 6.42 Å². The highest BCUT2D eigenvalue weighted by Crippen LogP contribution is 2.03. The molecule has 0 aliphatic rings. The molecule has 0 saturated heterocycles. The van der Waals surface area contributed by atoms with E-state index in [1.165, 1.54) is 7.11 Å². The highest BCUT2D eigenvalue weighted by atomic mass is 28.3. The van der Waals surface area contributed by atoms with E-state index in [0.29, 0.717) is 32.1 Å². The molecule has 0 fully saturated rings. The maximum absolute atomic E-state index is 11.4. The van der Waals surface area contributed by atoms with Crippen LogP contribution in [-0.2, 0) is 14.3 Å². The molecule has 0 bridgehead atoms. The van der Waals surface area contributed by atoms with Crippen LogP contribution in [0.25, 0.3) is 0 Å². The van der Waals surface area contributed by atoms with Crippen LogP contribution in [0.15, 0.2) is 0 Å². The average Bonchev–Trinajstić information content (AvgIpc) is 2.23. The maximum atomic E-state index is 11.4. The lowest BCUT2D eigenvalue weighted by atomic mass is 10.1. The number of rotatable bonds is 6. The van der Waals surface area contributed by atoms with Crippen molar-refractivity contribution in [3.05, 3.63) is 0 Å². The Morgan fingerprint density at radius 2 is 1.76 bits per heavy atom. The van der Waals surface area contributed by atoms with E-state index in [1.54, 1.807) is 0 Å². The zero-order valence-electron chi connectivity index (χ0n) is 11.3. The number of esters is 1. The first-order chi connectivity index (χ1) is 7.85. The van der Waals surface area contributed by atoms with Gasteiger partial charge in [-0.25, -0.2) is 0 Å². The minimum atomic E-state index is -1.31. The van der Waals surface area contributed by atoms with Crippen molar-refractivity contribution in [2.75, 3.05) is 7.11 Å². The van der Waals surface area contributed by atoms with Crippen LogP contribution in [0.3, 0.4) is 0 Å². The standard InChI is InChI=1S/C13H22O3Si/c1-16-13(15)10-7-9-12(14)8-5-6-11-17(2,3)4/h5,7-10H2,1-4H3. The molecular weight excluding hydrogens is 232 g/mol. The van der Waals surface area contributed by atoms with Gasteiger partial charge in [-0.1, -0.05) is 19.6 Å². The molecule has 0 aromatic heterocycles. The second kappa shape index (κ2) is 8.07. The lowest BCUT2D eigenvalue weighted by Gasteiger charge is -2.03. The van der Waals surface area contributed by atoms with Gasteiger partial charge in [0.25, 0.3) is 0 Å². The first-order valence-electron chi connectivity index (χ1n) is 5.93. The van der Waals surface area contributed by atoms with E-state index in [4.69, 9.17) is 0 Å². The van der Waals surface area contributed by atoms with Gasteiger partial charge in [0.05, 0.1) is 7.11 Å². The van der Waals surface area contributed by atoms with Crippen molar-refractivity contribution in [2.45, 2.75) is 51.7 Å². The summed E-state index contributed by atoms with van der Waals surface area (Å²) in [5.41, 5.74) is 3.22.